The van der Waals surface area contributed by atoms with Crippen LogP contribution in [0.4, 0.5) is 18.9 Å². The molecule has 46 heavy (non-hydrogen) atoms. The van der Waals surface area contributed by atoms with Gasteiger partial charge in [0.2, 0.25) is 0 Å². The van der Waals surface area contributed by atoms with Crippen LogP contribution in [0.5, 0.6) is 11.5 Å². The Hall–Kier alpha value is -5.89. The van der Waals surface area contributed by atoms with Crippen molar-refractivity contribution in [2.24, 2.45) is 5.73 Å². The van der Waals surface area contributed by atoms with Gasteiger partial charge in [-0.05, 0) is 64.4 Å². The van der Waals surface area contributed by atoms with E-state index in [4.69, 9.17) is 25.8 Å². The summed E-state index contributed by atoms with van der Waals surface area (Å²) in [5.74, 6) is -3.56. The molecule has 0 atom stereocenters. The highest BCUT2D eigenvalue weighted by atomic mass is 32.2. The molecule has 236 valence electrons. The van der Waals surface area contributed by atoms with Gasteiger partial charge in [-0.3, -0.25) is 10.1 Å². The van der Waals surface area contributed by atoms with Crippen molar-refractivity contribution in [3.05, 3.63) is 120 Å². The number of benzene rings is 5. The number of hydrogen-bond donors (Lipinski definition) is 5. The highest BCUT2D eigenvalue weighted by Crippen LogP contribution is 2.31. The summed E-state index contributed by atoms with van der Waals surface area (Å²) in [4.78, 5) is 20.9. The third kappa shape index (κ3) is 8.18. The number of ether oxygens (including phenoxy) is 1. The fourth-order valence-electron chi connectivity index (χ4n) is 4.08. The average Bonchev–Trinajstić information content (AvgIpc) is 3.01. The lowest BCUT2D eigenvalue weighted by atomic mass is 10.0. The van der Waals surface area contributed by atoms with Crippen LogP contribution in [0.2, 0.25) is 0 Å². The van der Waals surface area contributed by atoms with Gasteiger partial charge in [0.05, 0.1) is 4.90 Å². The molecule has 0 spiro atoms. The number of sulfonamides is 1. The zero-order valence-electron chi connectivity index (χ0n) is 23.4. The second-order valence-corrected chi connectivity index (χ2v) is 11.2. The molecule has 0 fully saturated rings. The second-order valence-electron chi connectivity index (χ2n) is 9.55. The molecule has 0 amide bonds. The van der Waals surface area contributed by atoms with Crippen molar-refractivity contribution in [1.82, 2.24) is 0 Å². The number of alkyl halides is 3. The average molecular weight is 652 g/mol. The van der Waals surface area contributed by atoms with Gasteiger partial charge in [-0.25, -0.2) is 18.0 Å². The molecule has 5 aromatic carbocycles. The number of carboxylic acids is 2. The standard InChI is InChI=1S/C30H23N3O5S.C2HF3O2/c31-29(32)22-7-5-20(6-8-22)21-9-13-25(14-10-21)38-28-16-12-24(18-27(28)30(34)35)33-39(36,37)26-15-11-19-3-1-2-4-23(19)17-26;3-2(4,5)1(6)7/h1-18,33H,(H3,31,32)(H,34,35);(H,6,7). The number of aliphatic carboxylic acids is 1. The summed E-state index contributed by atoms with van der Waals surface area (Å²) in [6.07, 6.45) is -5.08. The van der Waals surface area contributed by atoms with Crippen LogP contribution in [-0.4, -0.2) is 42.6 Å². The van der Waals surface area contributed by atoms with E-state index in [1.807, 2.05) is 48.5 Å². The maximum absolute atomic E-state index is 13.0. The smallest absolute Gasteiger partial charge is 0.478 e. The molecule has 0 unspecified atom stereocenters. The Morgan fingerprint density at radius 3 is 1.89 bits per heavy atom. The molecule has 0 saturated heterocycles. The first-order valence-corrected chi connectivity index (χ1v) is 14.5. The number of amidine groups is 1. The van der Waals surface area contributed by atoms with Gasteiger partial charge >= 0.3 is 18.1 Å². The monoisotopic (exact) mass is 651 g/mol. The van der Waals surface area contributed by atoms with Gasteiger partial charge in [0.1, 0.15) is 22.9 Å². The van der Waals surface area contributed by atoms with E-state index in [-0.39, 0.29) is 27.7 Å². The van der Waals surface area contributed by atoms with Crippen LogP contribution in [0.3, 0.4) is 0 Å². The molecular formula is C32H24F3N3O7S. The number of nitrogens with two attached hydrogens (primary N) is 1. The largest absolute Gasteiger partial charge is 0.490 e. The molecule has 0 radical (unpaired) electrons. The third-order valence-corrected chi connectivity index (χ3v) is 7.73. The number of halogens is 3. The SMILES string of the molecule is N=C(N)c1ccc(-c2ccc(Oc3ccc(NS(=O)(=O)c4ccc5ccccc5c4)cc3C(=O)O)cc2)cc1.O=C(O)C(F)(F)F. The van der Waals surface area contributed by atoms with Gasteiger partial charge in [0, 0.05) is 11.3 Å². The minimum atomic E-state index is -5.08. The quantitative estimate of drug-likeness (QED) is 0.0906. The van der Waals surface area contributed by atoms with Gasteiger partial charge in [0.15, 0.2) is 0 Å². The van der Waals surface area contributed by atoms with Gasteiger partial charge in [-0.1, -0.05) is 66.7 Å². The van der Waals surface area contributed by atoms with Crippen molar-refractivity contribution in [3.8, 4) is 22.6 Å². The maximum atomic E-state index is 13.0. The molecule has 0 bridgehead atoms. The van der Waals surface area contributed by atoms with E-state index in [2.05, 4.69) is 4.72 Å². The van der Waals surface area contributed by atoms with Crippen molar-refractivity contribution in [2.45, 2.75) is 11.1 Å². The summed E-state index contributed by atoms with van der Waals surface area (Å²) in [6.45, 7) is 0. The summed E-state index contributed by atoms with van der Waals surface area (Å²) in [5.41, 5.74) is 7.85. The second kappa shape index (κ2) is 13.4. The molecule has 0 heterocycles. The fourth-order valence-corrected chi connectivity index (χ4v) is 5.17. The molecule has 0 saturated carbocycles. The zero-order valence-corrected chi connectivity index (χ0v) is 24.3. The van der Waals surface area contributed by atoms with Crippen molar-refractivity contribution in [2.75, 3.05) is 4.72 Å². The van der Waals surface area contributed by atoms with Crippen molar-refractivity contribution in [1.29, 1.82) is 5.41 Å². The van der Waals surface area contributed by atoms with Crippen LogP contribution in [0.1, 0.15) is 15.9 Å². The van der Waals surface area contributed by atoms with Gasteiger partial charge < -0.3 is 20.7 Å². The lowest BCUT2D eigenvalue weighted by Crippen LogP contribution is -2.21. The van der Waals surface area contributed by atoms with Crippen LogP contribution in [0.15, 0.2) is 114 Å². The molecule has 6 N–H and O–H groups in total. The van der Waals surface area contributed by atoms with Gasteiger partial charge in [0.25, 0.3) is 10.0 Å². The number of nitrogens with one attached hydrogen (secondary N) is 2. The Kier molecular flexibility index (Phi) is 9.62. The molecule has 0 aromatic heterocycles. The maximum Gasteiger partial charge on any atom is 0.490 e. The molecule has 0 aliphatic heterocycles. The van der Waals surface area contributed by atoms with Crippen molar-refractivity contribution >= 4 is 44.3 Å². The van der Waals surface area contributed by atoms with Crippen LogP contribution >= 0.6 is 0 Å². The summed E-state index contributed by atoms with van der Waals surface area (Å²) in [5, 5.41) is 26.1. The van der Waals surface area contributed by atoms with Crippen LogP contribution in [0, 0.1) is 5.41 Å². The number of carbonyl (C=O) groups is 2. The predicted molar refractivity (Wildman–Crippen MR) is 165 cm³/mol. The van der Waals surface area contributed by atoms with Crippen LogP contribution in [0.25, 0.3) is 21.9 Å². The molecule has 5 aromatic rings. The van der Waals surface area contributed by atoms with E-state index in [1.165, 1.54) is 24.3 Å². The number of nitrogen functional groups attached to an aromatic ring is 1. The number of aromatic carboxylic acids is 1. The van der Waals surface area contributed by atoms with Crippen molar-refractivity contribution < 1.29 is 46.1 Å². The molecular weight excluding hydrogens is 627 g/mol. The third-order valence-electron chi connectivity index (χ3n) is 6.35. The number of hydrogen-bond acceptors (Lipinski definition) is 6. The van der Waals surface area contributed by atoms with E-state index in [1.54, 1.807) is 36.4 Å². The van der Waals surface area contributed by atoms with Gasteiger partial charge in [-0.2, -0.15) is 13.2 Å². The number of fused-ring (bicyclic) bond motifs is 1. The first kappa shape index (κ1) is 33.0. The Morgan fingerprint density at radius 1 is 0.783 bits per heavy atom. The summed E-state index contributed by atoms with van der Waals surface area (Å²) in [7, 11) is -3.96. The normalized spacial score (nSPS) is 11.2. The number of anilines is 1. The minimum Gasteiger partial charge on any atom is -0.478 e. The van der Waals surface area contributed by atoms with E-state index in [9.17, 15) is 31.5 Å². The highest BCUT2D eigenvalue weighted by molar-refractivity contribution is 7.92. The van der Waals surface area contributed by atoms with Crippen LogP contribution < -0.4 is 15.2 Å². The van der Waals surface area contributed by atoms with E-state index in [0.717, 1.165) is 21.9 Å². The number of rotatable bonds is 8. The van der Waals surface area contributed by atoms with E-state index < -0.39 is 28.1 Å². The Balaban J connectivity index is 0.000000617. The summed E-state index contributed by atoms with van der Waals surface area (Å²) >= 11 is 0. The Morgan fingerprint density at radius 2 is 1.35 bits per heavy atom. The predicted octanol–water partition coefficient (Wildman–Crippen LogP) is 6.72. The first-order valence-electron chi connectivity index (χ1n) is 13.1. The molecule has 5 rings (SSSR count). The highest BCUT2D eigenvalue weighted by Gasteiger charge is 2.38. The van der Waals surface area contributed by atoms with Gasteiger partial charge in [-0.15, -0.1) is 0 Å². The lowest BCUT2D eigenvalue weighted by Gasteiger charge is -2.13. The lowest BCUT2D eigenvalue weighted by molar-refractivity contribution is -0.192. The summed E-state index contributed by atoms with van der Waals surface area (Å²) in [6, 6.07) is 30.6. The topological polar surface area (TPSA) is 180 Å². The van der Waals surface area contributed by atoms with E-state index >= 15 is 0 Å². The molecule has 10 nitrogen and oxygen atoms in total. The zero-order chi connectivity index (χ0) is 33.6. The molecule has 0 aliphatic rings. The minimum absolute atomic E-state index is 0.00737. The summed E-state index contributed by atoms with van der Waals surface area (Å²) < 4.78 is 66.0. The Bertz CT molecular complexity index is 2030. The van der Waals surface area contributed by atoms with Crippen molar-refractivity contribution in [3.63, 3.8) is 0 Å². The fraction of sp³-hybridized carbons (Fsp3) is 0.0312. The first-order chi connectivity index (χ1) is 21.6. The van der Waals surface area contributed by atoms with E-state index in [0.29, 0.717) is 11.3 Å². The number of carboxylic acid groups (broad SMARTS) is 2. The Labute approximate surface area is 260 Å². The molecule has 14 heteroatoms. The molecule has 0 aliphatic carbocycles. The van der Waals surface area contributed by atoms with Crippen LogP contribution in [-0.2, 0) is 14.8 Å².